The van der Waals surface area contributed by atoms with Crippen molar-refractivity contribution < 1.29 is 17.9 Å². The van der Waals surface area contributed by atoms with Gasteiger partial charge in [-0.15, -0.1) is 0 Å². The number of ether oxygens (including phenoxy) is 1. The highest BCUT2D eigenvalue weighted by Crippen LogP contribution is 2.36. The summed E-state index contributed by atoms with van der Waals surface area (Å²) in [7, 11) is 0. The second kappa shape index (κ2) is 3.45. The Balaban J connectivity index is 2.04. The van der Waals surface area contributed by atoms with Gasteiger partial charge in [-0.3, -0.25) is 9.98 Å². The molecule has 0 amide bonds. The molecule has 0 fully saturated rings. The molecule has 0 N–H and O–H groups in total. The van der Waals surface area contributed by atoms with Crippen LogP contribution < -0.4 is 4.74 Å². The predicted molar refractivity (Wildman–Crippen MR) is 54.3 cm³/mol. The van der Waals surface area contributed by atoms with Gasteiger partial charge in [0.1, 0.15) is 17.5 Å². The summed E-state index contributed by atoms with van der Waals surface area (Å²) in [5.74, 6) is 0.248. The van der Waals surface area contributed by atoms with Crippen molar-refractivity contribution in [2.45, 2.75) is 25.1 Å². The van der Waals surface area contributed by atoms with Gasteiger partial charge in [-0.05, 0) is 12.8 Å². The average Bonchev–Trinajstić information content (AvgIpc) is 2.65. The maximum Gasteiger partial charge on any atom is 0.433 e. The van der Waals surface area contributed by atoms with Gasteiger partial charge in [0.05, 0.1) is 11.3 Å². The summed E-state index contributed by atoms with van der Waals surface area (Å²) >= 11 is 0. The Morgan fingerprint density at radius 2 is 2.18 bits per heavy atom. The second-order valence-electron chi connectivity index (χ2n) is 4.08. The zero-order valence-corrected chi connectivity index (χ0v) is 8.79. The Labute approximate surface area is 95.3 Å². The Morgan fingerprint density at radius 3 is 2.94 bits per heavy atom. The fourth-order valence-corrected chi connectivity index (χ4v) is 2.12. The zero-order chi connectivity index (χ0) is 12.0. The molecule has 3 nitrogen and oxygen atoms in total. The van der Waals surface area contributed by atoms with E-state index in [9.17, 15) is 13.2 Å². The molecule has 1 atom stereocenters. The molecule has 0 aliphatic carbocycles. The number of aromatic nitrogens is 1. The molecule has 3 heterocycles. The predicted octanol–water partition coefficient (Wildman–Crippen LogP) is 2.44. The van der Waals surface area contributed by atoms with E-state index >= 15 is 0 Å². The Kier molecular flexibility index (Phi) is 2.14. The fourth-order valence-electron chi connectivity index (χ4n) is 2.12. The summed E-state index contributed by atoms with van der Waals surface area (Å²) in [6.45, 7) is 0.704. The first kappa shape index (κ1) is 10.6. The number of hydrogen-bond acceptors (Lipinski definition) is 3. The van der Waals surface area contributed by atoms with Crippen LogP contribution >= 0.6 is 0 Å². The molecule has 1 aromatic heterocycles. The monoisotopic (exact) mass is 242 g/mol. The largest absolute Gasteiger partial charge is 0.483 e. The van der Waals surface area contributed by atoms with Crippen LogP contribution in [0.1, 0.15) is 24.1 Å². The molecule has 3 rings (SSSR count). The van der Waals surface area contributed by atoms with Crippen molar-refractivity contribution in [3.05, 3.63) is 23.5 Å². The van der Waals surface area contributed by atoms with Crippen molar-refractivity contribution in [1.29, 1.82) is 0 Å². The van der Waals surface area contributed by atoms with E-state index in [1.807, 2.05) is 0 Å². The van der Waals surface area contributed by atoms with Crippen molar-refractivity contribution in [3.8, 4) is 5.75 Å². The lowest BCUT2D eigenvalue weighted by molar-refractivity contribution is -0.141. The lowest BCUT2D eigenvalue weighted by atomic mass is 10.0. The minimum atomic E-state index is -4.44. The maximum atomic E-state index is 12.5. The van der Waals surface area contributed by atoms with Gasteiger partial charge in [0, 0.05) is 18.8 Å². The van der Waals surface area contributed by atoms with Crippen LogP contribution in [-0.2, 0) is 6.18 Å². The minimum absolute atomic E-state index is 0.191. The molecule has 0 saturated heterocycles. The molecule has 0 unspecified atom stereocenters. The van der Waals surface area contributed by atoms with E-state index in [0.29, 0.717) is 12.1 Å². The van der Waals surface area contributed by atoms with E-state index in [1.54, 1.807) is 0 Å². The fraction of sp³-hybridized carbons (Fsp3) is 0.455. The third-order valence-electron chi connectivity index (χ3n) is 2.91. The molecule has 17 heavy (non-hydrogen) atoms. The first-order valence-corrected chi connectivity index (χ1v) is 5.34. The quantitative estimate of drug-likeness (QED) is 0.700. The third-order valence-corrected chi connectivity index (χ3v) is 2.91. The molecule has 0 bridgehead atoms. The van der Waals surface area contributed by atoms with E-state index in [2.05, 4.69) is 9.98 Å². The number of pyridine rings is 1. The standard InChI is InChI=1S/C11H9F3N2O/c12-11(13,14)9-4-8-6(5-16-9)10-7(17-8)2-1-3-15-10/h4-5,7H,1-3H2/t7-/m0/s1. The molecular formula is C11H9F3N2O. The van der Waals surface area contributed by atoms with E-state index in [-0.39, 0.29) is 11.9 Å². The normalized spacial score (nSPS) is 22.5. The van der Waals surface area contributed by atoms with Gasteiger partial charge in [0.15, 0.2) is 0 Å². The van der Waals surface area contributed by atoms with Crippen molar-refractivity contribution in [3.63, 3.8) is 0 Å². The van der Waals surface area contributed by atoms with Crippen molar-refractivity contribution in [2.24, 2.45) is 4.99 Å². The van der Waals surface area contributed by atoms with Gasteiger partial charge >= 0.3 is 6.18 Å². The van der Waals surface area contributed by atoms with Crippen molar-refractivity contribution in [1.82, 2.24) is 4.98 Å². The molecule has 0 aromatic carbocycles. The van der Waals surface area contributed by atoms with Crippen LogP contribution in [0.5, 0.6) is 5.75 Å². The number of rotatable bonds is 0. The highest BCUT2D eigenvalue weighted by atomic mass is 19.4. The molecule has 6 heteroatoms. The van der Waals surface area contributed by atoms with E-state index in [0.717, 1.165) is 24.6 Å². The van der Waals surface area contributed by atoms with Gasteiger partial charge in [-0.25, -0.2) is 0 Å². The van der Waals surface area contributed by atoms with Crippen LogP contribution in [-0.4, -0.2) is 23.3 Å². The first-order chi connectivity index (χ1) is 8.05. The summed E-state index contributed by atoms with van der Waals surface area (Å²) in [6.07, 6.45) is -1.71. The van der Waals surface area contributed by atoms with Crippen LogP contribution in [0, 0.1) is 0 Å². The molecular weight excluding hydrogens is 233 g/mol. The maximum absolute atomic E-state index is 12.5. The number of aliphatic imine (C=N–C) groups is 1. The first-order valence-electron chi connectivity index (χ1n) is 5.34. The van der Waals surface area contributed by atoms with Crippen LogP contribution in [0.15, 0.2) is 17.3 Å². The molecule has 2 aliphatic heterocycles. The number of nitrogens with zero attached hydrogens (tertiary/aromatic N) is 2. The number of halogens is 3. The van der Waals surface area contributed by atoms with Gasteiger partial charge in [0.25, 0.3) is 0 Å². The molecule has 2 aliphatic rings. The van der Waals surface area contributed by atoms with Gasteiger partial charge < -0.3 is 4.74 Å². The zero-order valence-electron chi connectivity index (χ0n) is 8.79. The third kappa shape index (κ3) is 1.67. The number of hydrogen-bond donors (Lipinski definition) is 0. The summed E-state index contributed by atoms with van der Waals surface area (Å²) < 4.78 is 42.9. The SMILES string of the molecule is FC(F)(F)c1cc2c(cn1)C1=NCCC[C@@H]1O2. The van der Waals surface area contributed by atoms with E-state index in [1.165, 1.54) is 6.20 Å². The van der Waals surface area contributed by atoms with Gasteiger partial charge in [-0.1, -0.05) is 0 Å². The molecule has 0 radical (unpaired) electrons. The van der Waals surface area contributed by atoms with Crippen molar-refractivity contribution in [2.75, 3.05) is 6.54 Å². The van der Waals surface area contributed by atoms with Crippen LogP contribution in [0.2, 0.25) is 0 Å². The van der Waals surface area contributed by atoms with Crippen LogP contribution in [0.25, 0.3) is 0 Å². The summed E-state index contributed by atoms with van der Waals surface area (Å²) in [5, 5.41) is 0. The Morgan fingerprint density at radius 1 is 1.35 bits per heavy atom. The van der Waals surface area contributed by atoms with E-state index < -0.39 is 11.9 Å². The smallest absolute Gasteiger partial charge is 0.433 e. The topological polar surface area (TPSA) is 34.5 Å². The lowest BCUT2D eigenvalue weighted by Crippen LogP contribution is -2.25. The average molecular weight is 242 g/mol. The van der Waals surface area contributed by atoms with Crippen molar-refractivity contribution >= 4 is 5.71 Å². The van der Waals surface area contributed by atoms with Gasteiger partial charge in [-0.2, -0.15) is 13.2 Å². The molecule has 1 aromatic rings. The molecule has 90 valence electrons. The minimum Gasteiger partial charge on any atom is -0.483 e. The highest BCUT2D eigenvalue weighted by Gasteiger charge is 2.37. The lowest BCUT2D eigenvalue weighted by Gasteiger charge is -2.14. The Bertz CT molecular complexity index is 496. The number of alkyl halides is 3. The van der Waals surface area contributed by atoms with Crippen LogP contribution in [0.4, 0.5) is 13.2 Å². The second-order valence-corrected chi connectivity index (χ2v) is 4.08. The van der Waals surface area contributed by atoms with E-state index in [4.69, 9.17) is 4.74 Å². The molecule has 0 saturated carbocycles. The summed E-state index contributed by atoms with van der Waals surface area (Å²) in [4.78, 5) is 7.72. The van der Waals surface area contributed by atoms with Crippen LogP contribution in [0.3, 0.4) is 0 Å². The molecule has 0 spiro atoms. The van der Waals surface area contributed by atoms with Gasteiger partial charge in [0.2, 0.25) is 0 Å². The number of fused-ring (bicyclic) bond motifs is 3. The summed E-state index contributed by atoms with van der Waals surface area (Å²) in [5.41, 5.74) is 0.422. The summed E-state index contributed by atoms with van der Waals surface area (Å²) in [6, 6.07) is 0.955. The highest BCUT2D eigenvalue weighted by molar-refractivity contribution is 6.08. The Hall–Kier alpha value is -1.59.